The number of aliphatic hydroxyl groups excluding tert-OH is 3. The number of oxime groups is 1. The number of hydrogen-bond acceptors (Lipinski definition) is 9. The van der Waals surface area contributed by atoms with E-state index in [1.54, 1.807) is 7.11 Å². The maximum absolute atomic E-state index is 15.5. The van der Waals surface area contributed by atoms with Crippen LogP contribution in [0.4, 0.5) is 0 Å². The van der Waals surface area contributed by atoms with E-state index in [0.717, 1.165) is 42.4 Å². The third kappa shape index (κ3) is 7.51. The molecule has 5 rings (SSSR count). The fraction of sp³-hybridized carbons (Fsp3) is 0.766. The summed E-state index contributed by atoms with van der Waals surface area (Å²) in [6.45, 7) is 21.4. The van der Waals surface area contributed by atoms with Gasteiger partial charge in [-0.05, 0) is 76.0 Å². The highest BCUT2D eigenvalue weighted by Crippen LogP contribution is 2.63. The summed E-state index contributed by atoms with van der Waals surface area (Å²) in [7, 11) is 1.77. The van der Waals surface area contributed by atoms with Gasteiger partial charge in [0.15, 0.2) is 5.60 Å². The van der Waals surface area contributed by atoms with Gasteiger partial charge in [-0.1, -0.05) is 108 Å². The molecule has 314 valence electrons. The average Bonchev–Trinajstić information content (AvgIpc) is 3.41. The number of ketones is 1. The van der Waals surface area contributed by atoms with Crippen LogP contribution in [0.3, 0.4) is 0 Å². The normalized spacial score (nSPS) is 42.7. The van der Waals surface area contributed by atoms with Crippen LogP contribution >= 0.6 is 0 Å². The van der Waals surface area contributed by atoms with Gasteiger partial charge < -0.3 is 29.6 Å². The molecule has 1 heterocycles. The monoisotopic (exact) mass is 780 g/mol. The van der Waals surface area contributed by atoms with E-state index in [1.165, 1.54) is 0 Å². The second-order valence-electron chi connectivity index (χ2n) is 18.7. The molecule has 0 aromatic rings. The standard InChI is InChI=1S/C47H73NO8/c1-12-15-19-55-48-36-23-37(50)35-21-28(5)39-34(13-2)22-33(26-49)20-29(6)41(54-11)27(4)17-16-18-45(10)24-30(7)31(8)25-47(45)43(52)38(44(53)56-47)42(51)46(39,14-3)40(35)32(36)9/h21-22,24,27,29,31-33,35,37,39-41,49-51H,12-20,23,25-26H2,1-11H3/b34-22+,42-38?,48-36+/t27?,29-,31-,32?,33-,35?,37+,39+,40?,41-,45-,46?,47?/m1/s1. The predicted octanol–water partition coefficient (Wildman–Crippen LogP) is 9.24. The molecule has 4 aliphatic carbocycles. The Morgan fingerprint density at radius 1 is 1.04 bits per heavy atom. The van der Waals surface area contributed by atoms with Crippen molar-refractivity contribution in [2.45, 2.75) is 151 Å². The number of methoxy groups -OCH3 is 1. The summed E-state index contributed by atoms with van der Waals surface area (Å²) in [5, 5.41) is 40.7. The third-order valence-corrected chi connectivity index (χ3v) is 15.2. The van der Waals surface area contributed by atoms with Crippen LogP contribution in [-0.4, -0.2) is 70.9 Å². The van der Waals surface area contributed by atoms with Crippen LogP contribution < -0.4 is 0 Å². The highest BCUT2D eigenvalue weighted by Gasteiger charge is 2.67. The van der Waals surface area contributed by atoms with E-state index in [0.29, 0.717) is 50.8 Å². The van der Waals surface area contributed by atoms with Crippen molar-refractivity contribution in [1.82, 2.24) is 0 Å². The molecule has 9 nitrogen and oxygen atoms in total. The molecule has 1 saturated carbocycles. The molecule has 1 saturated heterocycles. The molecule has 2 fully saturated rings. The quantitative estimate of drug-likeness (QED) is 0.0730. The van der Waals surface area contributed by atoms with Crippen molar-refractivity contribution < 1.29 is 39.2 Å². The van der Waals surface area contributed by atoms with Gasteiger partial charge in [0.05, 0.1) is 17.9 Å². The number of hydrogen-bond donors (Lipinski definition) is 3. The minimum atomic E-state index is -1.47. The maximum atomic E-state index is 15.5. The van der Waals surface area contributed by atoms with Crippen LogP contribution in [0.1, 0.15) is 133 Å². The van der Waals surface area contributed by atoms with Gasteiger partial charge in [-0.2, -0.15) is 0 Å². The Bertz CT molecular complexity index is 1620. The minimum Gasteiger partial charge on any atom is -0.511 e. The summed E-state index contributed by atoms with van der Waals surface area (Å²) in [5.41, 5.74) is 0.154. The Labute approximate surface area is 337 Å². The molecule has 0 radical (unpaired) electrons. The van der Waals surface area contributed by atoms with E-state index in [-0.39, 0.29) is 59.6 Å². The zero-order valence-electron chi connectivity index (χ0n) is 36.3. The summed E-state index contributed by atoms with van der Waals surface area (Å²) in [6, 6.07) is 0. The number of carbonyl (C=O) groups is 2. The number of carbonyl (C=O) groups excluding carboxylic acids is 2. The molecular weight excluding hydrogens is 707 g/mol. The van der Waals surface area contributed by atoms with E-state index < -0.39 is 46.1 Å². The Morgan fingerprint density at radius 2 is 1.75 bits per heavy atom. The molecule has 5 aliphatic rings. The van der Waals surface area contributed by atoms with E-state index in [1.807, 2.05) is 13.8 Å². The second-order valence-corrected chi connectivity index (χ2v) is 18.7. The molecule has 6 unspecified atom stereocenters. The smallest absolute Gasteiger partial charge is 0.346 e. The molecule has 2 bridgehead atoms. The Morgan fingerprint density at radius 3 is 2.38 bits per heavy atom. The Balaban J connectivity index is 1.84. The number of allylic oxidation sites excluding steroid dienone is 4. The SMILES string of the molecule is CCCCO/N=C1\C[C@H](O)C2C=C(C)[C@H]3/C(CC)=C/[C@H](CO)C[C@@H](C)[C@H](OC)C(C)CCC[C@]4(C)C=C(C)[C@H](C)CC45OC(=O)C(=C(O)C3(CC)C2C1C)C5=O. The maximum Gasteiger partial charge on any atom is 0.346 e. The minimum absolute atomic E-state index is 0.00442. The molecule has 0 aromatic carbocycles. The number of ether oxygens (including phenoxy) is 2. The first-order chi connectivity index (χ1) is 26.5. The van der Waals surface area contributed by atoms with Gasteiger partial charge in [0, 0.05) is 61.1 Å². The number of nitrogens with zero attached hydrogens (tertiary/aromatic N) is 1. The summed E-state index contributed by atoms with van der Waals surface area (Å²) in [5.74, 6) is -2.81. The van der Waals surface area contributed by atoms with Crippen molar-refractivity contribution >= 4 is 17.5 Å². The lowest BCUT2D eigenvalue weighted by molar-refractivity contribution is -0.166. The zero-order chi connectivity index (χ0) is 41.3. The van der Waals surface area contributed by atoms with E-state index in [9.17, 15) is 20.1 Å². The highest BCUT2D eigenvalue weighted by molar-refractivity contribution is 6.26. The van der Waals surface area contributed by atoms with Gasteiger partial charge >= 0.3 is 5.97 Å². The topological polar surface area (TPSA) is 135 Å². The molecule has 1 spiro atoms. The van der Waals surface area contributed by atoms with Crippen molar-refractivity contribution in [1.29, 1.82) is 0 Å². The predicted molar refractivity (Wildman–Crippen MR) is 221 cm³/mol. The molecule has 56 heavy (non-hydrogen) atoms. The Kier molecular flexibility index (Phi) is 14.0. The van der Waals surface area contributed by atoms with Crippen molar-refractivity contribution in [3.8, 4) is 0 Å². The number of aliphatic hydroxyl groups is 3. The molecule has 9 heteroatoms. The number of Topliss-reactive ketones (excluding diaryl/α,β-unsaturated/α-hetero) is 1. The first-order valence-electron chi connectivity index (χ1n) is 21.8. The van der Waals surface area contributed by atoms with Crippen molar-refractivity contribution in [2.75, 3.05) is 20.3 Å². The van der Waals surface area contributed by atoms with E-state index in [2.05, 4.69) is 78.8 Å². The first-order valence-corrected chi connectivity index (χ1v) is 21.8. The van der Waals surface area contributed by atoms with Gasteiger partial charge in [0.2, 0.25) is 5.78 Å². The fourth-order valence-corrected chi connectivity index (χ4v) is 12.2. The van der Waals surface area contributed by atoms with Crippen LogP contribution in [0, 0.1) is 58.2 Å². The molecule has 0 aromatic heterocycles. The largest absolute Gasteiger partial charge is 0.511 e. The van der Waals surface area contributed by atoms with Crippen LogP contribution in [0.15, 0.2) is 51.4 Å². The number of esters is 1. The zero-order valence-corrected chi connectivity index (χ0v) is 36.3. The van der Waals surface area contributed by atoms with Crippen molar-refractivity contribution in [2.24, 2.45) is 63.3 Å². The highest BCUT2D eigenvalue weighted by atomic mass is 16.6. The van der Waals surface area contributed by atoms with Gasteiger partial charge in [-0.15, -0.1) is 0 Å². The molecule has 1 aliphatic heterocycles. The fourth-order valence-electron chi connectivity index (χ4n) is 12.2. The van der Waals surface area contributed by atoms with Crippen LogP contribution in [-0.2, 0) is 23.9 Å². The lowest BCUT2D eigenvalue weighted by atomic mass is 9.46. The van der Waals surface area contributed by atoms with E-state index >= 15 is 4.79 Å². The second kappa shape index (κ2) is 17.6. The number of rotatable bonds is 8. The summed E-state index contributed by atoms with van der Waals surface area (Å²) in [6.07, 6.45) is 12.1. The van der Waals surface area contributed by atoms with Gasteiger partial charge in [-0.25, -0.2) is 4.79 Å². The number of fused-ring (bicyclic) bond motifs is 4. The van der Waals surface area contributed by atoms with Crippen LogP contribution in [0.25, 0.3) is 0 Å². The molecule has 0 amide bonds. The lowest BCUT2D eigenvalue weighted by Gasteiger charge is -2.57. The van der Waals surface area contributed by atoms with Crippen molar-refractivity contribution in [3.63, 3.8) is 0 Å². The van der Waals surface area contributed by atoms with Crippen LogP contribution in [0.2, 0.25) is 0 Å². The van der Waals surface area contributed by atoms with Crippen LogP contribution in [0.5, 0.6) is 0 Å². The lowest BCUT2D eigenvalue weighted by Crippen LogP contribution is -2.57. The summed E-state index contributed by atoms with van der Waals surface area (Å²) >= 11 is 0. The third-order valence-electron chi connectivity index (χ3n) is 15.2. The molecular formula is C47H73NO8. The number of unbranched alkanes of at least 4 members (excludes halogenated alkanes) is 1. The van der Waals surface area contributed by atoms with Crippen molar-refractivity contribution in [3.05, 3.63) is 46.3 Å². The van der Waals surface area contributed by atoms with Gasteiger partial charge in [0.25, 0.3) is 0 Å². The first kappa shape index (κ1) is 44.4. The molecule has 13 atom stereocenters. The van der Waals surface area contributed by atoms with E-state index in [4.69, 9.17) is 14.3 Å². The molecule has 3 N–H and O–H groups in total. The summed E-state index contributed by atoms with van der Waals surface area (Å²) in [4.78, 5) is 35.9. The summed E-state index contributed by atoms with van der Waals surface area (Å²) < 4.78 is 12.7. The van der Waals surface area contributed by atoms with Gasteiger partial charge in [-0.3, -0.25) is 4.79 Å². The average molecular weight is 780 g/mol. The van der Waals surface area contributed by atoms with Gasteiger partial charge in [0.1, 0.15) is 17.9 Å². The Hall–Kier alpha value is -2.75.